The molecule has 0 saturated heterocycles. The van der Waals surface area contributed by atoms with Crippen LogP contribution in [-0.2, 0) is 25.5 Å². The third kappa shape index (κ3) is 5.55. The minimum Gasteiger partial charge on any atom is -0.467 e. The Morgan fingerprint density at radius 3 is 2.00 bits per heavy atom. The van der Waals surface area contributed by atoms with Crippen LogP contribution < -0.4 is 10.6 Å². The van der Waals surface area contributed by atoms with Gasteiger partial charge in [0, 0.05) is 12.3 Å². The zero-order chi connectivity index (χ0) is 25.5. The summed E-state index contributed by atoms with van der Waals surface area (Å²) in [4.78, 5) is 37.6. The van der Waals surface area contributed by atoms with Gasteiger partial charge in [-0.2, -0.15) is 0 Å². The molecular weight excluding hydrogens is 460 g/mol. The number of aliphatic hydroxyl groups excluding tert-OH is 1. The number of alkyl carbamates (subject to hydrolysis) is 1. The Kier molecular flexibility index (Phi) is 7.97. The number of aliphatic hydroxyl groups is 1. The van der Waals surface area contributed by atoms with E-state index < -0.39 is 36.7 Å². The SMILES string of the molecule is COC(=O)C(CO)NC(=O)[C@H](Cc1ccccc1)NC(=O)OCC1c2ccccc2-c2ccccc21. The lowest BCUT2D eigenvalue weighted by Crippen LogP contribution is -2.53. The van der Waals surface area contributed by atoms with Crippen LogP contribution in [0.5, 0.6) is 0 Å². The molecule has 186 valence electrons. The van der Waals surface area contributed by atoms with Gasteiger partial charge >= 0.3 is 12.1 Å². The van der Waals surface area contributed by atoms with Gasteiger partial charge in [0.2, 0.25) is 5.91 Å². The molecule has 0 spiro atoms. The minimum atomic E-state index is -1.25. The van der Waals surface area contributed by atoms with Gasteiger partial charge in [-0.25, -0.2) is 9.59 Å². The van der Waals surface area contributed by atoms with Gasteiger partial charge < -0.3 is 25.2 Å². The lowest BCUT2D eigenvalue weighted by molar-refractivity contribution is -0.146. The van der Waals surface area contributed by atoms with Crippen LogP contribution in [0.1, 0.15) is 22.6 Å². The fourth-order valence-electron chi connectivity index (χ4n) is 4.44. The summed E-state index contributed by atoms with van der Waals surface area (Å²) >= 11 is 0. The Morgan fingerprint density at radius 2 is 1.42 bits per heavy atom. The van der Waals surface area contributed by atoms with Gasteiger partial charge in [-0.3, -0.25) is 4.79 Å². The number of fused-ring (bicyclic) bond motifs is 3. The van der Waals surface area contributed by atoms with E-state index in [1.54, 1.807) is 0 Å². The van der Waals surface area contributed by atoms with Gasteiger partial charge in [0.25, 0.3) is 0 Å². The highest BCUT2D eigenvalue weighted by Gasteiger charge is 2.31. The molecule has 0 radical (unpaired) electrons. The number of hydrogen-bond donors (Lipinski definition) is 3. The molecule has 2 amide bonds. The summed E-state index contributed by atoms with van der Waals surface area (Å²) in [6, 6.07) is 22.9. The topological polar surface area (TPSA) is 114 Å². The van der Waals surface area contributed by atoms with Crippen molar-refractivity contribution < 1.29 is 29.0 Å². The standard InChI is InChI=1S/C28H28N2O6/c1-35-27(33)25(16-31)29-26(32)24(15-18-9-3-2-4-10-18)30-28(34)36-17-23-21-13-7-5-11-19(21)20-12-6-8-14-22(20)23/h2-14,23-25,31H,15-17H2,1H3,(H,29,32)(H,30,34)/t24-,25?/m0/s1. The van der Waals surface area contributed by atoms with Crippen molar-refractivity contribution in [3.8, 4) is 11.1 Å². The molecule has 4 rings (SSSR count). The van der Waals surface area contributed by atoms with Gasteiger partial charge in [0.1, 0.15) is 12.6 Å². The second-order valence-electron chi connectivity index (χ2n) is 8.48. The van der Waals surface area contributed by atoms with Crippen molar-refractivity contribution in [1.82, 2.24) is 10.6 Å². The summed E-state index contributed by atoms with van der Waals surface area (Å²) < 4.78 is 10.2. The van der Waals surface area contributed by atoms with E-state index in [0.29, 0.717) is 0 Å². The van der Waals surface area contributed by atoms with Crippen LogP contribution in [0.15, 0.2) is 78.9 Å². The second kappa shape index (κ2) is 11.5. The Labute approximate surface area is 209 Å². The maximum Gasteiger partial charge on any atom is 0.407 e. The third-order valence-electron chi connectivity index (χ3n) is 6.22. The molecule has 3 N–H and O–H groups in total. The Hall–Kier alpha value is -4.17. The molecule has 0 bridgehead atoms. The molecule has 0 heterocycles. The van der Waals surface area contributed by atoms with E-state index in [2.05, 4.69) is 15.4 Å². The Bertz CT molecular complexity index is 1180. The summed E-state index contributed by atoms with van der Waals surface area (Å²) in [5.74, 6) is -1.55. The molecule has 2 atom stereocenters. The summed E-state index contributed by atoms with van der Waals surface area (Å²) in [6.45, 7) is -0.539. The first kappa shape index (κ1) is 24.9. The fraction of sp³-hybridized carbons (Fsp3) is 0.250. The normalized spacial score (nSPS) is 13.6. The first-order valence-electron chi connectivity index (χ1n) is 11.7. The van der Waals surface area contributed by atoms with Gasteiger partial charge in [0.15, 0.2) is 6.04 Å². The molecule has 8 nitrogen and oxygen atoms in total. The summed E-state index contributed by atoms with van der Waals surface area (Å²) in [6.07, 6.45) is -0.595. The highest BCUT2D eigenvalue weighted by Crippen LogP contribution is 2.44. The number of hydrogen-bond acceptors (Lipinski definition) is 6. The number of carbonyl (C=O) groups is 3. The Balaban J connectivity index is 1.46. The van der Waals surface area contributed by atoms with Crippen molar-refractivity contribution in [2.75, 3.05) is 20.3 Å². The van der Waals surface area contributed by atoms with E-state index in [9.17, 15) is 19.5 Å². The number of rotatable bonds is 9. The number of benzene rings is 3. The van der Waals surface area contributed by atoms with Crippen LogP contribution in [-0.4, -0.2) is 55.5 Å². The lowest BCUT2D eigenvalue weighted by atomic mass is 9.98. The van der Waals surface area contributed by atoms with Gasteiger partial charge in [-0.15, -0.1) is 0 Å². The maximum absolute atomic E-state index is 13.0. The number of esters is 1. The number of amides is 2. The van der Waals surface area contributed by atoms with Crippen molar-refractivity contribution in [3.05, 3.63) is 95.6 Å². The highest BCUT2D eigenvalue weighted by molar-refractivity contribution is 5.90. The molecule has 0 aliphatic heterocycles. The molecule has 3 aromatic rings. The first-order chi connectivity index (χ1) is 17.5. The zero-order valence-corrected chi connectivity index (χ0v) is 19.8. The van der Waals surface area contributed by atoms with E-state index in [4.69, 9.17) is 4.74 Å². The van der Waals surface area contributed by atoms with Crippen molar-refractivity contribution in [1.29, 1.82) is 0 Å². The van der Waals surface area contributed by atoms with Crippen molar-refractivity contribution in [2.24, 2.45) is 0 Å². The van der Waals surface area contributed by atoms with Gasteiger partial charge in [-0.05, 0) is 27.8 Å². The highest BCUT2D eigenvalue weighted by atomic mass is 16.5. The molecule has 8 heteroatoms. The van der Waals surface area contributed by atoms with E-state index in [1.807, 2.05) is 78.9 Å². The second-order valence-corrected chi connectivity index (χ2v) is 8.48. The maximum atomic E-state index is 13.0. The quantitative estimate of drug-likeness (QED) is 0.399. The van der Waals surface area contributed by atoms with Gasteiger partial charge in [-0.1, -0.05) is 78.9 Å². The lowest BCUT2D eigenvalue weighted by Gasteiger charge is -2.22. The van der Waals surface area contributed by atoms with E-state index >= 15 is 0 Å². The number of carbonyl (C=O) groups excluding carboxylic acids is 3. The van der Waals surface area contributed by atoms with Crippen LogP contribution in [0.3, 0.4) is 0 Å². The summed E-state index contributed by atoms with van der Waals surface area (Å²) in [5, 5.41) is 14.5. The van der Waals surface area contributed by atoms with E-state index in [0.717, 1.165) is 34.9 Å². The zero-order valence-electron chi connectivity index (χ0n) is 19.8. The summed E-state index contributed by atoms with van der Waals surface area (Å²) in [5.41, 5.74) is 5.18. The third-order valence-corrected chi connectivity index (χ3v) is 6.22. The fourth-order valence-corrected chi connectivity index (χ4v) is 4.44. The molecule has 3 aromatic carbocycles. The number of nitrogens with one attached hydrogen (secondary N) is 2. The van der Waals surface area contributed by atoms with Crippen LogP contribution in [0, 0.1) is 0 Å². The molecular formula is C28H28N2O6. The predicted molar refractivity (Wildman–Crippen MR) is 133 cm³/mol. The molecule has 0 saturated carbocycles. The molecule has 0 aromatic heterocycles. The van der Waals surface area contributed by atoms with Crippen LogP contribution >= 0.6 is 0 Å². The molecule has 1 unspecified atom stereocenters. The van der Waals surface area contributed by atoms with Crippen molar-refractivity contribution in [2.45, 2.75) is 24.4 Å². The minimum absolute atomic E-state index is 0.0982. The van der Waals surface area contributed by atoms with Gasteiger partial charge in [0.05, 0.1) is 13.7 Å². The number of methoxy groups -OCH3 is 1. The van der Waals surface area contributed by atoms with Crippen molar-refractivity contribution in [3.63, 3.8) is 0 Å². The average Bonchev–Trinajstić information content (AvgIpc) is 3.23. The average molecular weight is 489 g/mol. The molecule has 1 aliphatic carbocycles. The van der Waals surface area contributed by atoms with Crippen LogP contribution in [0.25, 0.3) is 11.1 Å². The summed E-state index contributed by atoms with van der Waals surface area (Å²) in [7, 11) is 1.16. The first-order valence-corrected chi connectivity index (χ1v) is 11.7. The van der Waals surface area contributed by atoms with Crippen molar-refractivity contribution >= 4 is 18.0 Å². The van der Waals surface area contributed by atoms with E-state index in [1.165, 1.54) is 0 Å². The van der Waals surface area contributed by atoms with Crippen LogP contribution in [0.2, 0.25) is 0 Å². The largest absolute Gasteiger partial charge is 0.467 e. The molecule has 1 aliphatic rings. The van der Waals surface area contributed by atoms with E-state index in [-0.39, 0.29) is 18.9 Å². The predicted octanol–water partition coefficient (Wildman–Crippen LogP) is 2.79. The molecule has 36 heavy (non-hydrogen) atoms. The monoisotopic (exact) mass is 488 g/mol. The van der Waals surface area contributed by atoms with Crippen LogP contribution in [0.4, 0.5) is 4.79 Å². The molecule has 0 fully saturated rings. The Morgan fingerprint density at radius 1 is 0.833 bits per heavy atom. The smallest absolute Gasteiger partial charge is 0.407 e. The number of ether oxygens (including phenoxy) is 2.